The maximum atomic E-state index is 11.9. The second kappa shape index (κ2) is 5.85. The first kappa shape index (κ1) is 14.5. The molecule has 0 saturated carbocycles. The smallest absolute Gasteiger partial charge is 0.309 e. The molecule has 0 aromatic heterocycles. The van der Waals surface area contributed by atoms with Gasteiger partial charge in [0.1, 0.15) is 11.4 Å². The van der Waals surface area contributed by atoms with Gasteiger partial charge >= 0.3 is 5.97 Å². The van der Waals surface area contributed by atoms with Crippen molar-refractivity contribution >= 4 is 11.8 Å². The van der Waals surface area contributed by atoms with Crippen molar-refractivity contribution in [1.82, 2.24) is 4.90 Å². The maximum Gasteiger partial charge on any atom is 0.309 e. The Morgan fingerprint density at radius 3 is 2.44 bits per heavy atom. The van der Waals surface area contributed by atoms with Gasteiger partial charge in [-0.25, -0.2) is 0 Å². The summed E-state index contributed by atoms with van der Waals surface area (Å²) >= 11 is 0. The Balaban J connectivity index is 2.42. The molecule has 0 radical (unpaired) electrons. The molecule has 1 saturated heterocycles. The lowest BCUT2D eigenvalue weighted by molar-refractivity contribution is -0.161. The fraction of sp³-hybridized carbons (Fsp3) is 0.769. The minimum Gasteiger partial charge on any atom is -0.460 e. The minimum atomic E-state index is -0.443. The zero-order valence-corrected chi connectivity index (χ0v) is 11.3. The quantitative estimate of drug-likeness (QED) is 0.462. The van der Waals surface area contributed by atoms with Crippen molar-refractivity contribution in [1.29, 1.82) is 10.7 Å². The number of hydrogen-bond acceptors (Lipinski definition) is 4. The Kier molecular flexibility index (Phi) is 4.71. The van der Waals surface area contributed by atoms with Gasteiger partial charge in [0.15, 0.2) is 0 Å². The standard InChI is InChI=1S/C13H21N3O2/c1-13(2,3)18-12(17)10-5-8-16(9-6-10)11(15)4-7-14/h10,15H,4-6,8-9H2,1-3H3. The third-order valence-electron chi connectivity index (χ3n) is 2.86. The predicted molar refractivity (Wildman–Crippen MR) is 68.1 cm³/mol. The van der Waals surface area contributed by atoms with Crippen molar-refractivity contribution in [2.45, 2.75) is 45.6 Å². The summed E-state index contributed by atoms with van der Waals surface area (Å²) in [5.41, 5.74) is -0.443. The third-order valence-corrected chi connectivity index (χ3v) is 2.86. The zero-order valence-electron chi connectivity index (χ0n) is 11.3. The van der Waals surface area contributed by atoms with E-state index < -0.39 is 5.60 Å². The van der Waals surface area contributed by atoms with Crippen molar-refractivity contribution < 1.29 is 9.53 Å². The number of nitriles is 1. The second-order valence-electron chi connectivity index (χ2n) is 5.58. The lowest BCUT2D eigenvalue weighted by atomic mass is 9.96. The molecule has 0 aliphatic carbocycles. The molecule has 0 spiro atoms. The van der Waals surface area contributed by atoms with Crippen molar-refractivity contribution in [2.75, 3.05) is 13.1 Å². The second-order valence-corrected chi connectivity index (χ2v) is 5.58. The Morgan fingerprint density at radius 2 is 2.00 bits per heavy atom. The molecule has 1 N–H and O–H groups in total. The number of nitrogens with one attached hydrogen (secondary N) is 1. The van der Waals surface area contributed by atoms with Crippen molar-refractivity contribution in [3.05, 3.63) is 0 Å². The molecule has 1 aliphatic rings. The average molecular weight is 251 g/mol. The van der Waals surface area contributed by atoms with Gasteiger partial charge < -0.3 is 9.64 Å². The normalized spacial score (nSPS) is 17.1. The number of carbonyl (C=O) groups excluding carboxylic acids is 1. The molecule has 18 heavy (non-hydrogen) atoms. The number of ether oxygens (including phenoxy) is 1. The number of likely N-dealkylation sites (tertiary alicyclic amines) is 1. The highest BCUT2D eigenvalue weighted by Gasteiger charge is 2.29. The maximum absolute atomic E-state index is 11.9. The molecule has 100 valence electrons. The summed E-state index contributed by atoms with van der Waals surface area (Å²) in [7, 11) is 0. The first-order valence-electron chi connectivity index (χ1n) is 6.25. The summed E-state index contributed by atoms with van der Waals surface area (Å²) in [6, 6.07) is 1.97. The summed E-state index contributed by atoms with van der Waals surface area (Å²) in [5.74, 6) is 0.129. The molecular formula is C13H21N3O2. The Morgan fingerprint density at radius 1 is 1.44 bits per heavy atom. The molecule has 0 aromatic carbocycles. The first-order valence-corrected chi connectivity index (χ1v) is 6.25. The molecule has 0 atom stereocenters. The van der Waals surface area contributed by atoms with Gasteiger partial charge in [0.25, 0.3) is 0 Å². The van der Waals surface area contributed by atoms with Crippen LogP contribution in [-0.4, -0.2) is 35.4 Å². The minimum absolute atomic E-state index is 0.0737. The molecule has 1 aliphatic heterocycles. The van der Waals surface area contributed by atoms with Crippen LogP contribution in [-0.2, 0) is 9.53 Å². The van der Waals surface area contributed by atoms with E-state index in [0.29, 0.717) is 31.8 Å². The summed E-state index contributed by atoms with van der Waals surface area (Å²) in [6.45, 7) is 6.91. The predicted octanol–water partition coefficient (Wildman–Crippen LogP) is 1.93. The lowest BCUT2D eigenvalue weighted by Crippen LogP contribution is -2.41. The Labute approximate surface area is 108 Å². The number of esters is 1. The molecule has 5 heteroatoms. The highest BCUT2D eigenvalue weighted by molar-refractivity contribution is 5.81. The monoisotopic (exact) mass is 251 g/mol. The molecule has 0 aromatic rings. The summed E-state index contributed by atoms with van der Waals surface area (Å²) in [5, 5.41) is 16.2. The van der Waals surface area contributed by atoms with E-state index >= 15 is 0 Å². The molecular weight excluding hydrogens is 230 g/mol. The molecule has 0 bridgehead atoms. The van der Waals surface area contributed by atoms with Crippen LogP contribution in [0.15, 0.2) is 0 Å². The third kappa shape index (κ3) is 4.36. The van der Waals surface area contributed by atoms with E-state index in [9.17, 15) is 4.79 Å². The van der Waals surface area contributed by atoms with Crippen molar-refractivity contribution in [2.24, 2.45) is 5.92 Å². The fourth-order valence-corrected chi connectivity index (χ4v) is 1.96. The van der Waals surface area contributed by atoms with Gasteiger partial charge in [-0.2, -0.15) is 5.26 Å². The van der Waals surface area contributed by atoms with Gasteiger partial charge in [0, 0.05) is 13.1 Å². The van der Waals surface area contributed by atoms with Crippen LogP contribution in [0.4, 0.5) is 0 Å². The van der Waals surface area contributed by atoms with Crippen LogP contribution in [0.5, 0.6) is 0 Å². The van der Waals surface area contributed by atoms with Gasteiger partial charge in [-0.15, -0.1) is 0 Å². The summed E-state index contributed by atoms with van der Waals surface area (Å²) in [4.78, 5) is 13.7. The number of carbonyl (C=O) groups is 1. The number of piperidine rings is 1. The van der Waals surface area contributed by atoms with Crippen molar-refractivity contribution in [3.8, 4) is 6.07 Å². The summed E-state index contributed by atoms with van der Waals surface area (Å²) < 4.78 is 5.36. The number of nitrogens with zero attached hydrogens (tertiary/aromatic N) is 2. The van der Waals surface area contributed by atoms with E-state index in [4.69, 9.17) is 15.4 Å². The molecule has 5 nitrogen and oxygen atoms in total. The van der Waals surface area contributed by atoms with Crippen molar-refractivity contribution in [3.63, 3.8) is 0 Å². The highest BCUT2D eigenvalue weighted by Crippen LogP contribution is 2.21. The van der Waals surface area contributed by atoms with E-state index in [1.54, 1.807) is 0 Å². The van der Waals surface area contributed by atoms with Crippen LogP contribution < -0.4 is 0 Å². The largest absolute Gasteiger partial charge is 0.460 e. The van der Waals surface area contributed by atoms with Crippen LogP contribution >= 0.6 is 0 Å². The highest BCUT2D eigenvalue weighted by atomic mass is 16.6. The summed E-state index contributed by atoms with van der Waals surface area (Å²) in [6.07, 6.45) is 1.53. The van der Waals surface area contributed by atoms with Crippen LogP contribution in [0.3, 0.4) is 0 Å². The van der Waals surface area contributed by atoms with Crippen LogP contribution in [0.1, 0.15) is 40.0 Å². The van der Waals surface area contributed by atoms with Gasteiger partial charge in [-0.05, 0) is 33.6 Å². The van der Waals surface area contributed by atoms with Crippen LogP contribution in [0.2, 0.25) is 0 Å². The van der Waals surface area contributed by atoms with E-state index in [0.717, 1.165) is 0 Å². The number of amidine groups is 1. The van der Waals surface area contributed by atoms with Crippen LogP contribution in [0.25, 0.3) is 0 Å². The SMILES string of the molecule is CC(C)(C)OC(=O)C1CCN(C(=N)CC#N)CC1. The van der Waals surface area contributed by atoms with Crippen LogP contribution in [0, 0.1) is 22.7 Å². The lowest BCUT2D eigenvalue weighted by Gasteiger charge is -2.33. The van der Waals surface area contributed by atoms with E-state index in [2.05, 4.69) is 0 Å². The molecule has 1 fully saturated rings. The van der Waals surface area contributed by atoms with E-state index in [1.807, 2.05) is 31.7 Å². The number of hydrogen-bond donors (Lipinski definition) is 1. The van der Waals surface area contributed by atoms with E-state index in [1.165, 1.54) is 0 Å². The molecule has 1 heterocycles. The molecule has 1 rings (SSSR count). The van der Waals surface area contributed by atoms with Gasteiger partial charge in [0.05, 0.1) is 18.4 Å². The van der Waals surface area contributed by atoms with Gasteiger partial charge in [-0.1, -0.05) is 0 Å². The average Bonchev–Trinajstić information content (AvgIpc) is 2.27. The molecule has 0 unspecified atom stereocenters. The van der Waals surface area contributed by atoms with Gasteiger partial charge in [-0.3, -0.25) is 10.2 Å². The Hall–Kier alpha value is -1.57. The molecule has 0 amide bonds. The Bertz CT molecular complexity index is 357. The number of rotatable bonds is 2. The zero-order chi connectivity index (χ0) is 13.8. The topological polar surface area (TPSA) is 77.2 Å². The first-order chi connectivity index (χ1) is 8.33. The van der Waals surface area contributed by atoms with Gasteiger partial charge in [0.2, 0.25) is 0 Å². The fourth-order valence-electron chi connectivity index (χ4n) is 1.96. The van der Waals surface area contributed by atoms with E-state index in [-0.39, 0.29) is 18.3 Å².